The van der Waals surface area contributed by atoms with E-state index in [9.17, 15) is 4.79 Å². The molecule has 0 bridgehead atoms. The molecule has 1 atom stereocenters. The fourth-order valence-electron chi connectivity index (χ4n) is 2.75. The molecular weight excluding hydrogens is 319 g/mol. The number of ether oxygens (including phenoxy) is 1. The number of fused-ring (bicyclic) bond motifs is 2. The van der Waals surface area contributed by atoms with E-state index in [1.165, 1.54) is 0 Å². The number of ketones is 1. The van der Waals surface area contributed by atoms with Crippen LogP contribution in [0.15, 0.2) is 36.4 Å². The van der Waals surface area contributed by atoms with Gasteiger partial charge in [-0.2, -0.15) is 0 Å². The van der Waals surface area contributed by atoms with Gasteiger partial charge in [0.1, 0.15) is 6.10 Å². The first-order chi connectivity index (χ1) is 10.5. The van der Waals surface area contributed by atoms with Crippen molar-refractivity contribution in [2.24, 2.45) is 5.92 Å². The number of halogens is 2. The van der Waals surface area contributed by atoms with Crippen LogP contribution in [-0.2, 0) is 4.74 Å². The van der Waals surface area contributed by atoms with E-state index in [0.29, 0.717) is 33.7 Å². The Labute approximate surface area is 140 Å². The minimum Gasteiger partial charge on any atom is -0.368 e. The topological polar surface area (TPSA) is 26.3 Å². The van der Waals surface area contributed by atoms with Crippen molar-refractivity contribution in [3.8, 4) is 0 Å². The van der Waals surface area contributed by atoms with Gasteiger partial charge in [-0.25, -0.2) is 0 Å². The standard InChI is InChI=1S/C18H16Cl2O2/c1-10(2)9-22-18-12-6-4-7-13(19)15(12)17(21)11-5-3-8-14(20)16(11)18/h3-8,10,18H,9H2,1-2H3. The second-order valence-electron chi connectivity index (χ2n) is 5.84. The Hall–Kier alpha value is -1.35. The lowest BCUT2D eigenvalue weighted by molar-refractivity contribution is 0.0568. The second-order valence-corrected chi connectivity index (χ2v) is 6.66. The Morgan fingerprint density at radius 3 is 2.50 bits per heavy atom. The minimum absolute atomic E-state index is 0.0949. The smallest absolute Gasteiger partial charge is 0.195 e. The minimum atomic E-state index is -0.363. The van der Waals surface area contributed by atoms with E-state index in [-0.39, 0.29) is 11.9 Å². The Kier molecular flexibility index (Phi) is 4.26. The SMILES string of the molecule is CC(C)COC1c2cccc(Cl)c2C(=O)c2cccc(Cl)c21. The van der Waals surface area contributed by atoms with Crippen molar-refractivity contribution in [2.75, 3.05) is 6.61 Å². The highest BCUT2D eigenvalue weighted by molar-refractivity contribution is 6.36. The lowest BCUT2D eigenvalue weighted by Gasteiger charge is -2.29. The molecule has 0 saturated carbocycles. The van der Waals surface area contributed by atoms with E-state index < -0.39 is 0 Å². The summed E-state index contributed by atoms with van der Waals surface area (Å²) in [5.74, 6) is 0.286. The lowest BCUT2D eigenvalue weighted by Crippen LogP contribution is -2.23. The number of benzene rings is 2. The summed E-state index contributed by atoms with van der Waals surface area (Å²) in [6.45, 7) is 4.75. The summed E-state index contributed by atoms with van der Waals surface area (Å²) in [6.07, 6.45) is -0.363. The van der Waals surface area contributed by atoms with Gasteiger partial charge in [0.05, 0.1) is 11.6 Å². The molecule has 4 heteroatoms. The van der Waals surface area contributed by atoms with Gasteiger partial charge < -0.3 is 4.74 Å². The van der Waals surface area contributed by atoms with Gasteiger partial charge >= 0.3 is 0 Å². The zero-order chi connectivity index (χ0) is 15.9. The maximum absolute atomic E-state index is 12.8. The monoisotopic (exact) mass is 334 g/mol. The Morgan fingerprint density at radius 2 is 1.77 bits per heavy atom. The summed E-state index contributed by atoms with van der Waals surface area (Å²) in [4.78, 5) is 12.8. The number of hydrogen-bond acceptors (Lipinski definition) is 2. The highest BCUT2D eigenvalue weighted by Gasteiger charge is 2.34. The van der Waals surface area contributed by atoms with Gasteiger partial charge in [0, 0.05) is 21.7 Å². The molecule has 2 aromatic rings. The van der Waals surface area contributed by atoms with Crippen LogP contribution in [-0.4, -0.2) is 12.4 Å². The molecule has 0 heterocycles. The van der Waals surface area contributed by atoms with E-state index in [4.69, 9.17) is 27.9 Å². The molecule has 0 N–H and O–H groups in total. The van der Waals surface area contributed by atoms with Gasteiger partial charge in [0.2, 0.25) is 0 Å². The summed E-state index contributed by atoms with van der Waals surface area (Å²) in [5.41, 5.74) is 2.62. The molecule has 0 aromatic heterocycles. The Bertz CT molecular complexity index is 738. The van der Waals surface area contributed by atoms with Crippen molar-refractivity contribution in [1.82, 2.24) is 0 Å². The first-order valence-electron chi connectivity index (χ1n) is 7.23. The Balaban J connectivity index is 2.20. The molecular formula is C18H16Cl2O2. The van der Waals surface area contributed by atoms with Crippen LogP contribution >= 0.6 is 23.2 Å². The molecule has 0 spiro atoms. The average molecular weight is 335 g/mol. The van der Waals surface area contributed by atoms with Gasteiger partial charge in [0.25, 0.3) is 0 Å². The lowest BCUT2D eigenvalue weighted by atomic mass is 9.83. The average Bonchev–Trinajstić information content (AvgIpc) is 2.47. The highest BCUT2D eigenvalue weighted by atomic mass is 35.5. The summed E-state index contributed by atoms with van der Waals surface area (Å²) in [5, 5.41) is 0.997. The number of hydrogen-bond donors (Lipinski definition) is 0. The molecule has 0 saturated heterocycles. The molecule has 0 amide bonds. The molecule has 1 aliphatic carbocycles. The van der Waals surface area contributed by atoms with Crippen molar-refractivity contribution in [2.45, 2.75) is 20.0 Å². The van der Waals surface area contributed by atoms with E-state index in [1.807, 2.05) is 12.1 Å². The van der Waals surface area contributed by atoms with Crippen molar-refractivity contribution in [3.05, 3.63) is 68.7 Å². The van der Waals surface area contributed by atoms with E-state index in [2.05, 4.69) is 13.8 Å². The molecule has 1 aliphatic rings. The first kappa shape index (κ1) is 15.5. The zero-order valence-electron chi connectivity index (χ0n) is 12.4. The van der Waals surface area contributed by atoms with E-state index in [1.54, 1.807) is 24.3 Å². The van der Waals surface area contributed by atoms with Crippen LogP contribution in [0.5, 0.6) is 0 Å². The van der Waals surface area contributed by atoms with Crippen LogP contribution in [0.1, 0.15) is 47.0 Å². The van der Waals surface area contributed by atoms with Crippen LogP contribution in [0.25, 0.3) is 0 Å². The molecule has 0 radical (unpaired) electrons. The predicted octanol–water partition coefficient (Wildman–Crippen LogP) is 5.30. The molecule has 2 aromatic carbocycles. The third-order valence-corrected chi connectivity index (χ3v) is 4.36. The summed E-state index contributed by atoms with van der Waals surface area (Å²) < 4.78 is 6.09. The maximum atomic E-state index is 12.8. The van der Waals surface area contributed by atoms with E-state index in [0.717, 1.165) is 11.1 Å². The number of carbonyl (C=O) groups is 1. The quantitative estimate of drug-likeness (QED) is 0.761. The molecule has 22 heavy (non-hydrogen) atoms. The van der Waals surface area contributed by atoms with Crippen LogP contribution in [0.2, 0.25) is 10.0 Å². The zero-order valence-corrected chi connectivity index (χ0v) is 13.9. The predicted molar refractivity (Wildman–Crippen MR) is 89.0 cm³/mol. The van der Waals surface area contributed by atoms with Gasteiger partial charge in [0.15, 0.2) is 5.78 Å². The van der Waals surface area contributed by atoms with Crippen molar-refractivity contribution in [1.29, 1.82) is 0 Å². The summed E-state index contributed by atoms with van der Waals surface area (Å²) in [6, 6.07) is 10.8. The number of rotatable bonds is 3. The summed E-state index contributed by atoms with van der Waals surface area (Å²) in [7, 11) is 0. The van der Waals surface area contributed by atoms with Crippen LogP contribution < -0.4 is 0 Å². The van der Waals surface area contributed by atoms with Gasteiger partial charge in [-0.05, 0) is 23.6 Å². The fourth-order valence-corrected chi connectivity index (χ4v) is 3.29. The molecule has 0 aliphatic heterocycles. The van der Waals surface area contributed by atoms with Crippen molar-refractivity contribution >= 4 is 29.0 Å². The maximum Gasteiger partial charge on any atom is 0.195 e. The second kappa shape index (κ2) is 6.04. The molecule has 2 nitrogen and oxygen atoms in total. The fraction of sp³-hybridized carbons (Fsp3) is 0.278. The normalized spacial score (nSPS) is 16.6. The van der Waals surface area contributed by atoms with Gasteiger partial charge in [-0.15, -0.1) is 0 Å². The Morgan fingerprint density at radius 1 is 1.09 bits per heavy atom. The van der Waals surface area contributed by atoms with Crippen LogP contribution in [0.4, 0.5) is 0 Å². The van der Waals surface area contributed by atoms with Crippen LogP contribution in [0, 0.1) is 5.92 Å². The van der Waals surface area contributed by atoms with Crippen molar-refractivity contribution < 1.29 is 9.53 Å². The largest absolute Gasteiger partial charge is 0.368 e. The van der Waals surface area contributed by atoms with Gasteiger partial charge in [-0.3, -0.25) is 4.79 Å². The molecule has 3 rings (SSSR count). The van der Waals surface area contributed by atoms with Crippen molar-refractivity contribution in [3.63, 3.8) is 0 Å². The van der Waals surface area contributed by atoms with Gasteiger partial charge in [-0.1, -0.05) is 61.3 Å². The van der Waals surface area contributed by atoms with Crippen LogP contribution in [0.3, 0.4) is 0 Å². The third kappa shape index (κ3) is 2.56. The van der Waals surface area contributed by atoms with E-state index >= 15 is 0 Å². The third-order valence-electron chi connectivity index (χ3n) is 3.71. The molecule has 114 valence electrons. The molecule has 1 unspecified atom stereocenters. The molecule has 0 fully saturated rings. The highest BCUT2D eigenvalue weighted by Crippen LogP contribution is 2.43. The summed E-state index contributed by atoms with van der Waals surface area (Å²) >= 11 is 12.6. The first-order valence-corrected chi connectivity index (χ1v) is 7.99. The number of carbonyl (C=O) groups excluding carboxylic acids is 1.